The zero-order valence-electron chi connectivity index (χ0n) is 8.57. The van der Waals surface area contributed by atoms with E-state index < -0.39 is 11.9 Å². The molecule has 1 aromatic heterocycles. The van der Waals surface area contributed by atoms with Gasteiger partial charge in [0.05, 0.1) is 23.7 Å². The van der Waals surface area contributed by atoms with Crippen LogP contribution in [0.4, 0.5) is 10.1 Å². The molecular formula is C10H8FN3O3. The maximum Gasteiger partial charge on any atom is 0.351 e. The fourth-order valence-corrected chi connectivity index (χ4v) is 1.27. The summed E-state index contributed by atoms with van der Waals surface area (Å²) < 4.78 is 17.4. The molecule has 0 radical (unpaired) electrons. The number of aromatic nitrogens is 2. The standard InChI is InChI=1S/C10H8FN3O3/c11-9(15)8-7(4-12-14-8)13-10(16)6-2-1-3-17-5-6/h1-4H,5H2,(H,12,14)(H,13,16). The van der Waals surface area contributed by atoms with Crippen LogP contribution in [0.25, 0.3) is 0 Å². The fourth-order valence-electron chi connectivity index (χ4n) is 1.27. The quantitative estimate of drug-likeness (QED) is 0.766. The van der Waals surface area contributed by atoms with Gasteiger partial charge in [0.2, 0.25) is 0 Å². The van der Waals surface area contributed by atoms with Crippen molar-refractivity contribution in [3.63, 3.8) is 0 Å². The monoisotopic (exact) mass is 237 g/mol. The van der Waals surface area contributed by atoms with Crippen molar-refractivity contribution < 1.29 is 18.7 Å². The highest BCUT2D eigenvalue weighted by Gasteiger charge is 2.17. The number of aromatic amines is 1. The van der Waals surface area contributed by atoms with Gasteiger partial charge in [-0.1, -0.05) is 0 Å². The van der Waals surface area contributed by atoms with Gasteiger partial charge >= 0.3 is 6.04 Å². The molecule has 1 aliphatic heterocycles. The Morgan fingerprint density at radius 2 is 2.35 bits per heavy atom. The summed E-state index contributed by atoms with van der Waals surface area (Å²) in [5.41, 5.74) is -0.0184. The number of carbonyl (C=O) groups excluding carboxylic acids is 2. The summed E-state index contributed by atoms with van der Waals surface area (Å²) in [6.45, 7) is 0.124. The first-order valence-corrected chi connectivity index (χ1v) is 4.70. The molecule has 0 atom stereocenters. The highest BCUT2D eigenvalue weighted by atomic mass is 19.1. The summed E-state index contributed by atoms with van der Waals surface area (Å²) in [6, 6.07) is -1.69. The number of carbonyl (C=O) groups is 2. The Morgan fingerprint density at radius 3 is 3.00 bits per heavy atom. The number of ether oxygens (including phenoxy) is 1. The molecule has 0 unspecified atom stereocenters. The predicted octanol–water partition coefficient (Wildman–Crippen LogP) is 0.928. The van der Waals surface area contributed by atoms with Gasteiger partial charge in [0.1, 0.15) is 6.61 Å². The third-order valence-electron chi connectivity index (χ3n) is 2.09. The van der Waals surface area contributed by atoms with Gasteiger partial charge in [0.25, 0.3) is 5.91 Å². The zero-order chi connectivity index (χ0) is 12.3. The molecule has 2 rings (SSSR count). The van der Waals surface area contributed by atoms with Crippen molar-refractivity contribution in [3.8, 4) is 0 Å². The summed E-state index contributed by atoms with van der Waals surface area (Å²) >= 11 is 0. The van der Waals surface area contributed by atoms with Crippen molar-refractivity contribution in [1.82, 2.24) is 10.2 Å². The second-order valence-electron chi connectivity index (χ2n) is 3.22. The number of nitrogens with one attached hydrogen (secondary N) is 2. The van der Waals surface area contributed by atoms with E-state index in [9.17, 15) is 14.0 Å². The Bertz CT molecular complexity index is 519. The average molecular weight is 237 g/mol. The van der Waals surface area contributed by atoms with E-state index in [1.54, 1.807) is 12.2 Å². The molecule has 88 valence electrons. The first-order valence-electron chi connectivity index (χ1n) is 4.70. The summed E-state index contributed by atoms with van der Waals surface area (Å²) in [6.07, 6.45) is 5.74. The first kappa shape index (κ1) is 11.1. The number of halogens is 1. The largest absolute Gasteiger partial charge is 0.496 e. The molecule has 1 aliphatic rings. The highest BCUT2D eigenvalue weighted by Crippen LogP contribution is 2.14. The van der Waals surface area contributed by atoms with E-state index in [1.165, 1.54) is 6.26 Å². The summed E-state index contributed by atoms with van der Waals surface area (Å²) in [5, 5.41) is 8.00. The molecule has 2 heterocycles. The minimum absolute atomic E-state index is 0.00190. The predicted molar refractivity (Wildman–Crippen MR) is 55.8 cm³/mol. The molecule has 0 saturated heterocycles. The molecule has 0 bridgehead atoms. The lowest BCUT2D eigenvalue weighted by molar-refractivity contribution is -0.113. The van der Waals surface area contributed by atoms with Gasteiger partial charge in [-0.25, -0.2) is 0 Å². The molecule has 0 fully saturated rings. The molecule has 0 spiro atoms. The Balaban J connectivity index is 2.13. The van der Waals surface area contributed by atoms with E-state index in [4.69, 9.17) is 4.74 Å². The van der Waals surface area contributed by atoms with E-state index in [0.29, 0.717) is 5.57 Å². The normalized spacial score (nSPS) is 13.8. The van der Waals surface area contributed by atoms with E-state index in [0.717, 1.165) is 6.20 Å². The molecule has 1 amide bonds. The molecule has 7 heteroatoms. The van der Waals surface area contributed by atoms with Gasteiger partial charge in [0.15, 0.2) is 5.69 Å². The van der Waals surface area contributed by atoms with E-state index in [-0.39, 0.29) is 18.0 Å². The van der Waals surface area contributed by atoms with Gasteiger partial charge in [-0.15, -0.1) is 0 Å². The maximum absolute atomic E-state index is 12.5. The number of anilines is 1. The van der Waals surface area contributed by atoms with Crippen molar-refractivity contribution in [2.45, 2.75) is 0 Å². The first-order chi connectivity index (χ1) is 8.18. The van der Waals surface area contributed by atoms with E-state index in [2.05, 4.69) is 15.5 Å². The lowest BCUT2D eigenvalue weighted by Crippen LogP contribution is -2.19. The minimum Gasteiger partial charge on any atom is -0.496 e. The Labute approximate surface area is 95.2 Å². The van der Waals surface area contributed by atoms with Crippen LogP contribution in [0, 0.1) is 0 Å². The number of H-pyrrole nitrogens is 1. The Kier molecular flexibility index (Phi) is 2.99. The van der Waals surface area contributed by atoms with E-state index in [1.807, 2.05) is 0 Å². The van der Waals surface area contributed by atoms with Crippen molar-refractivity contribution in [2.75, 3.05) is 11.9 Å². The SMILES string of the molecule is O=C(Nc1cn[nH]c1C(=O)F)C1=CC=COC1. The third kappa shape index (κ3) is 2.39. The number of rotatable bonds is 3. The van der Waals surface area contributed by atoms with Gasteiger partial charge in [-0.3, -0.25) is 14.7 Å². The molecule has 17 heavy (non-hydrogen) atoms. The summed E-state index contributed by atoms with van der Waals surface area (Å²) in [4.78, 5) is 22.2. The molecule has 0 aromatic carbocycles. The second kappa shape index (κ2) is 4.60. The van der Waals surface area contributed by atoms with Gasteiger partial charge in [-0.05, 0) is 12.2 Å². The van der Waals surface area contributed by atoms with Crippen LogP contribution in [0.3, 0.4) is 0 Å². The number of allylic oxidation sites excluding steroid dienone is 2. The lowest BCUT2D eigenvalue weighted by Gasteiger charge is -2.09. The minimum atomic E-state index is -1.69. The molecular weight excluding hydrogens is 229 g/mol. The summed E-state index contributed by atoms with van der Waals surface area (Å²) in [5.74, 6) is -0.474. The molecule has 1 aromatic rings. The number of hydrogen-bond acceptors (Lipinski definition) is 4. The van der Waals surface area contributed by atoms with E-state index >= 15 is 0 Å². The molecule has 2 N–H and O–H groups in total. The molecule has 6 nitrogen and oxygen atoms in total. The van der Waals surface area contributed by atoms with Crippen molar-refractivity contribution >= 4 is 17.6 Å². The zero-order valence-corrected chi connectivity index (χ0v) is 8.57. The van der Waals surface area contributed by atoms with Gasteiger partial charge in [-0.2, -0.15) is 9.49 Å². The lowest BCUT2D eigenvalue weighted by atomic mass is 10.2. The van der Waals surface area contributed by atoms with Gasteiger partial charge in [0, 0.05) is 0 Å². The molecule has 0 saturated carbocycles. The Hall–Kier alpha value is -2.44. The molecule has 0 aliphatic carbocycles. The van der Waals surface area contributed by atoms with Crippen LogP contribution in [-0.2, 0) is 9.53 Å². The van der Waals surface area contributed by atoms with Crippen LogP contribution in [0.2, 0.25) is 0 Å². The maximum atomic E-state index is 12.5. The van der Waals surface area contributed by atoms with Crippen LogP contribution in [-0.4, -0.2) is 28.7 Å². The van der Waals surface area contributed by atoms with Crippen LogP contribution in [0.5, 0.6) is 0 Å². The number of hydrogen-bond donors (Lipinski definition) is 2. The van der Waals surface area contributed by atoms with Crippen molar-refractivity contribution in [2.24, 2.45) is 0 Å². The van der Waals surface area contributed by atoms with Crippen LogP contribution in [0.1, 0.15) is 10.5 Å². The number of amides is 1. The van der Waals surface area contributed by atoms with Gasteiger partial charge < -0.3 is 10.1 Å². The fraction of sp³-hybridized carbons (Fsp3) is 0.100. The van der Waals surface area contributed by atoms with Crippen LogP contribution >= 0.6 is 0 Å². The van der Waals surface area contributed by atoms with Crippen molar-refractivity contribution in [3.05, 3.63) is 35.9 Å². The highest BCUT2D eigenvalue weighted by molar-refractivity contribution is 6.07. The number of nitrogens with zero attached hydrogens (tertiary/aromatic N) is 1. The van der Waals surface area contributed by atoms with Crippen LogP contribution in [0.15, 0.2) is 30.2 Å². The third-order valence-corrected chi connectivity index (χ3v) is 2.09. The summed E-state index contributed by atoms with van der Waals surface area (Å²) in [7, 11) is 0. The van der Waals surface area contributed by atoms with Crippen LogP contribution < -0.4 is 5.32 Å². The topological polar surface area (TPSA) is 84.1 Å². The second-order valence-corrected chi connectivity index (χ2v) is 3.22. The Morgan fingerprint density at radius 1 is 1.53 bits per heavy atom. The van der Waals surface area contributed by atoms with Crippen molar-refractivity contribution in [1.29, 1.82) is 0 Å². The average Bonchev–Trinajstić information content (AvgIpc) is 2.78. The smallest absolute Gasteiger partial charge is 0.351 e.